The number of imidazole rings is 1. The minimum absolute atomic E-state index is 0.296. The van der Waals surface area contributed by atoms with Crippen LogP contribution in [0.3, 0.4) is 0 Å². The predicted octanol–water partition coefficient (Wildman–Crippen LogP) is 4.77. The number of anilines is 1. The van der Waals surface area contributed by atoms with Crippen LogP contribution in [-0.4, -0.2) is 9.55 Å². The van der Waals surface area contributed by atoms with Crippen molar-refractivity contribution in [1.82, 2.24) is 9.55 Å². The average Bonchev–Trinajstić information content (AvgIpc) is 2.66. The Balaban J connectivity index is 2.35. The topological polar surface area (TPSA) is 43.8 Å². The lowest BCUT2D eigenvalue weighted by molar-refractivity contribution is 0.622. The van der Waals surface area contributed by atoms with Gasteiger partial charge in [0.2, 0.25) is 5.95 Å². The van der Waals surface area contributed by atoms with Crippen molar-refractivity contribution in [3.05, 3.63) is 49.2 Å². The van der Waals surface area contributed by atoms with Crippen LogP contribution in [0.25, 0.3) is 16.7 Å². The van der Waals surface area contributed by atoms with Gasteiger partial charge in [-0.25, -0.2) is 9.37 Å². The number of aromatic nitrogens is 2. The molecular formula is C13H7BrClFIN3. The van der Waals surface area contributed by atoms with Gasteiger partial charge in [0.05, 0.1) is 20.3 Å². The Morgan fingerprint density at radius 3 is 2.75 bits per heavy atom. The summed E-state index contributed by atoms with van der Waals surface area (Å²) in [4.78, 5) is 4.27. The average molecular weight is 466 g/mol. The maximum Gasteiger partial charge on any atom is 0.205 e. The Labute approximate surface area is 141 Å². The van der Waals surface area contributed by atoms with Crippen LogP contribution in [0.1, 0.15) is 0 Å². The second kappa shape index (κ2) is 5.16. The minimum atomic E-state index is -0.302. The molecule has 2 N–H and O–H groups in total. The van der Waals surface area contributed by atoms with Gasteiger partial charge in [-0.3, -0.25) is 4.57 Å². The lowest BCUT2D eigenvalue weighted by atomic mass is 10.2. The van der Waals surface area contributed by atoms with Gasteiger partial charge >= 0.3 is 0 Å². The minimum Gasteiger partial charge on any atom is -0.369 e. The fourth-order valence-corrected chi connectivity index (χ4v) is 3.32. The van der Waals surface area contributed by atoms with Crippen LogP contribution in [0.4, 0.5) is 10.3 Å². The number of benzene rings is 2. The first-order valence-corrected chi connectivity index (χ1v) is 7.81. The molecule has 1 heterocycles. The first-order chi connectivity index (χ1) is 9.47. The summed E-state index contributed by atoms with van der Waals surface area (Å²) >= 11 is 11.3. The molecule has 3 aromatic rings. The van der Waals surface area contributed by atoms with Crippen molar-refractivity contribution < 1.29 is 4.39 Å². The summed E-state index contributed by atoms with van der Waals surface area (Å²) in [5, 5.41) is 0.601. The molecule has 7 heteroatoms. The van der Waals surface area contributed by atoms with E-state index in [1.54, 1.807) is 28.8 Å². The molecule has 102 valence electrons. The summed E-state index contributed by atoms with van der Waals surface area (Å²) in [5.41, 5.74) is 7.99. The van der Waals surface area contributed by atoms with E-state index in [1.807, 2.05) is 22.6 Å². The van der Waals surface area contributed by atoms with E-state index in [1.165, 1.54) is 6.07 Å². The van der Waals surface area contributed by atoms with E-state index in [2.05, 4.69) is 20.9 Å². The molecule has 0 saturated heterocycles. The van der Waals surface area contributed by atoms with Crippen molar-refractivity contribution in [2.24, 2.45) is 0 Å². The van der Waals surface area contributed by atoms with Crippen LogP contribution in [0.15, 0.2) is 34.8 Å². The van der Waals surface area contributed by atoms with E-state index < -0.39 is 0 Å². The SMILES string of the molecule is Nc1nc2cc(I)c(F)cc2n1-c1ccc(Cl)cc1Br. The largest absolute Gasteiger partial charge is 0.369 e. The molecular weight excluding hydrogens is 459 g/mol. The lowest BCUT2D eigenvalue weighted by Crippen LogP contribution is -2.01. The zero-order valence-corrected chi connectivity index (χ0v) is 14.4. The van der Waals surface area contributed by atoms with E-state index in [4.69, 9.17) is 17.3 Å². The van der Waals surface area contributed by atoms with E-state index in [0.29, 0.717) is 25.6 Å². The highest BCUT2D eigenvalue weighted by atomic mass is 127. The summed E-state index contributed by atoms with van der Waals surface area (Å²) < 4.78 is 16.8. The first-order valence-electron chi connectivity index (χ1n) is 5.56. The van der Waals surface area contributed by atoms with Gasteiger partial charge < -0.3 is 5.73 Å². The summed E-state index contributed by atoms with van der Waals surface area (Å²) in [6, 6.07) is 8.41. The normalized spacial score (nSPS) is 11.2. The third-order valence-electron chi connectivity index (χ3n) is 2.87. The molecule has 0 aliphatic rings. The molecule has 0 aliphatic heterocycles. The van der Waals surface area contributed by atoms with Crippen LogP contribution >= 0.6 is 50.1 Å². The number of fused-ring (bicyclic) bond motifs is 1. The number of rotatable bonds is 1. The lowest BCUT2D eigenvalue weighted by Gasteiger charge is -2.09. The van der Waals surface area contributed by atoms with Gasteiger partial charge in [0.25, 0.3) is 0 Å². The Morgan fingerprint density at radius 2 is 2.05 bits per heavy atom. The first kappa shape index (κ1) is 14.1. The van der Waals surface area contributed by atoms with Gasteiger partial charge in [0.15, 0.2) is 0 Å². The number of nitrogens with zero attached hydrogens (tertiary/aromatic N) is 2. The quantitative estimate of drug-likeness (QED) is 0.526. The van der Waals surface area contributed by atoms with Gasteiger partial charge in [-0.15, -0.1) is 0 Å². The van der Waals surface area contributed by atoms with E-state index in [0.717, 1.165) is 10.2 Å². The zero-order valence-electron chi connectivity index (χ0n) is 9.87. The molecule has 3 nitrogen and oxygen atoms in total. The van der Waals surface area contributed by atoms with Gasteiger partial charge in [0, 0.05) is 15.6 Å². The molecule has 0 unspecified atom stereocenters. The smallest absolute Gasteiger partial charge is 0.205 e. The Morgan fingerprint density at radius 1 is 1.30 bits per heavy atom. The highest BCUT2D eigenvalue weighted by Gasteiger charge is 2.15. The Bertz CT molecular complexity index is 834. The summed E-state index contributed by atoms with van der Waals surface area (Å²) in [5.74, 6) is -0.00578. The number of nitrogen functional groups attached to an aromatic ring is 1. The molecule has 20 heavy (non-hydrogen) atoms. The highest BCUT2D eigenvalue weighted by molar-refractivity contribution is 14.1. The van der Waals surface area contributed by atoms with Crippen molar-refractivity contribution in [3.8, 4) is 5.69 Å². The standard InChI is InChI=1S/C13H7BrClFIN3/c14-7-3-6(15)1-2-11(7)20-12-4-8(16)9(17)5-10(12)19-13(20)18/h1-5H,(H2,18,19). The molecule has 0 spiro atoms. The molecule has 0 fully saturated rings. The maximum atomic E-state index is 13.8. The molecule has 2 aromatic carbocycles. The molecule has 0 amide bonds. The fraction of sp³-hybridized carbons (Fsp3) is 0. The monoisotopic (exact) mass is 465 g/mol. The van der Waals surface area contributed by atoms with E-state index in [9.17, 15) is 4.39 Å². The predicted molar refractivity (Wildman–Crippen MR) is 90.9 cm³/mol. The molecule has 3 rings (SSSR count). The molecule has 1 aromatic heterocycles. The Kier molecular flexibility index (Phi) is 3.64. The van der Waals surface area contributed by atoms with E-state index >= 15 is 0 Å². The van der Waals surface area contributed by atoms with Crippen molar-refractivity contribution >= 4 is 67.1 Å². The number of nitrogens with two attached hydrogens (primary N) is 1. The van der Waals surface area contributed by atoms with E-state index in [-0.39, 0.29) is 5.82 Å². The maximum absolute atomic E-state index is 13.8. The van der Waals surface area contributed by atoms with Crippen molar-refractivity contribution in [1.29, 1.82) is 0 Å². The zero-order chi connectivity index (χ0) is 14.4. The van der Waals surface area contributed by atoms with Crippen molar-refractivity contribution in [2.45, 2.75) is 0 Å². The Hall–Kier alpha value is -0.860. The number of hydrogen-bond donors (Lipinski definition) is 1. The molecule has 0 aliphatic carbocycles. The van der Waals surface area contributed by atoms with Crippen LogP contribution in [0, 0.1) is 9.39 Å². The number of halogens is 4. The second-order valence-corrected chi connectivity index (χ2v) is 6.61. The van der Waals surface area contributed by atoms with Crippen LogP contribution in [0.5, 0.6) is 0 Å². The summed E-state index contributed by atoms with van der Waals surface area (Å²) in [6.07, 6.45) is 0. The fourth-order valence-electron chi connectivity index (χ4n) is 2.01. The molecule has 0 radical (unpaired) electrons. The molecule has 0 bridgehead atoms. The van der Waals surface area contributed by atoms with Crippen molar-refractivity contribution in [3.63, 3.8) is 0 Å². The molecule has 0 atom stereocenters. The van der Waals surface area contributed by atoms with Gasteiger partial charge in [-0.2, -0.15) is 0 Å². The number of hydrogen-bond acceptors (Lipinski definition) is 2. The van der Waals surface area contributed by atoms with Crippen LogP contribution in [0.2, 0.25) is 5.02 Å². The van der Waals surface area contributed by atoms with Gasteiger partial charge in [-0.1, -0.05) is 11.6 Å². The van der Waals surface area contributed by atoms with Gasteiger partial charge in [0.1, 0.15) is 5.82 Å². The second-order valence-electron chi connectivity index (χ2n) is 4.16. The van der Waals surface area contributed by atoms with Crippen LogP contribution < -0.4 is 5.73 Å². The van der Waals surface area contributed by atoms with Crippen molar-refractivity contribution in [2.75, 3.05) is 5.73 Å². The van der Waals surface area contributed by atoms with Gasteiger partial charge in [-0.05, 0) is 62.8 Å². The summed E-state index contributed by atoms with van der Waals surface area (Å²) in [6.45, 7) is 0. The third-order valence-corrected chi connectivity index (χ3v) is 4.57. The highest BCUT2D eigenvalue weighted by Crippen LogP contribution is 2.31. The third kappa shape index (κ3) is 2.29. The molecule has 0 saturated carbocycles. The van der Waals surface area contributed by atoms with Crippen LogP contribution in [-0.2, 0) is 0 Å². The summed E-state index contributed by atoms with van der Waals surface area (Å²) in [7, 11) is 0.